The SMILES string of the molecule is CCOc1ccc(Br)cc1C(Cl)c1cccc(C)c1. The average Bonchev–Trinajstić information content (AvgIpc) is 2.40. The van der Waals surface area contributed by atoms with Crippen molar-refractivity contribution in [2.75, 3.05) is 6.61 Å². The molecule has 0 bridgehead atoms. The zero-order valence-electron chi connectivity index (χ0n) is 11.0. The van der Waals surface area contributed by atoms with Crippen LogP contribution in [0.3, 0.4) is 0 Å². The first-order valence-corrected chi connectivity index (χ1v) is 7.47. The fourth-order valence-corrected chi connectivity index (χ4v) is 2.70. The second-order valence-electron chi connectivity index (χ2n) is 4.39. The first-order valence-electron chi connectivity index (χ1n) is 6.24. The van der Waals surface area contributed by atoms with Crippen molar-refractivity contribution in [3.63, 3.8) is 0 Å². The minimum Gasteiger partial charge on any atom is -0.494 e. The average molecular weight is 340 g/mol. The summed E-state index contributed by atoms with van der Waals surface area (Å²) in [5.41, 5.74) is 3.28. The van der Waals surface area contributed by atoms with Crippen LogP contribution < -0.4 is 4.74 Å². The fraction of sp³-hybridized carbons (Fsp3) is 0.250. The van der Waals surface area contributed by atoms with E-state index in [2.05, 4.69) is 35.0 Å². The molecule has 0 spiro atoms. The quantitative estimate of drug-likeness (QED) is 0.670. The number of alkyl halides is 1. The number of aryl methyl sites for hydroxylation is 1. The predicted molar refractivity (Wildman–Crippen MR) is 84.2 cm³/mol. The van der Waals surface area contributed by atoms with E-state index in [0.717, 1.165) is 21.3 Å². The number of rotatable bonds is 4. The second-order valence-corrected chi connectivity index (χ2v) is 5.74. The molecule has 1 atom stereocenters. The van der Waals surface area contributed by atoms with Gasteiger partial charge in [0.15, 0.2) is 0 Å². The molecule has 3 heteroatoms. The van der Waals surface area contributed by atoms with E-state index in [1.54, 1.807) is 0 Å². The molecule has 0 saturated carbocycles. The van der Waals surface area contributed by atoms with E-state index in [1.807, 2.05) is 37.3 Å². The van der Waals surface area contributed by atoms with Gasteiger partial charge in [0.25, 0.3) is 0 Å². The zero-order valence-corrected chi connectivity index (χ0v) is 13.3. The highest BCUT2D eigenvalue weighted by Crippen LogP contribution is 2.37. The van der Waals surface area contributed by atoms with Crippen molar-refractivity contribution in [1.82, 2.24) is 0 Å². The Kier molecular flexibility index (Phi) is 4.89. The van der Waals surface area contributed by atoms with Crippen LogP contribution in [0.15, 0.2) is 46.9 Å². The normalized spacial score (nSPS) is 12.2. The minimum atomic E-state index is -0.209. The predicted octanol–water partition coefficient (Wildman–Crippen LogP) is 5.48. The van der Waals surface area contributed by atoms with Gasteiger partial charge in [0.05, 0.1) is 12.0 Å². The topological polar surface area (TPSA) is 9.23 Å². The Morgan fingerprint density at radius 2 is 2.00 bits per heavy atom. The number of hydrogen-bond acceptors (Lipinski definition) is 1. The molecule has 1 nitrogen and oxygen atoms in total. The van der Waals surface area contributed by atoms with Gasteiger partial charge < -0.3 is 4.74 Å². The number of hydrogen-bond donors (Lipinski definition) is 0. The van der Waals surface area contributed by atoms with Crippen LogP contribution in [0.5, 0.6) is 5.75 Å². The molecular formula is C16H16BrClO. The van der Waals surface area contributed by atoms with Gasteiger partial charge in [-0.1, -0.05) is 45.8 Å². The van der Waals surface area contributed by atoms with Crippen molar-refractivity contribution in [2.45, 2.75) is 19.2 Å². The van der Waals surface area contributed by atoms with Crippen LogP contribution in [-0.4, -0.2) is 6.61 Å². The summed E-state index contributed by atoms with van der Waals surface area (Å²) in [5, 5.41) is -0.209. The molecular weight excluding hydrogens is 324 g/mol. The van der Waals surface area contributed by atoms with Gasteiger partial charge in [-0.25, -0.2) is 0 Å². The maximum Gasteiger partial charge on any atom is 0.124 e. The third-order valence-electron chi connectivity index (χ3n) is 2.88. The van der Waals surface area contributed by atoms with E-state index in [9.17, 15) is 0 Å². The summed E-state index contributed by atoms with van der Waals surface area (Å²) in [4.78, 5) is 0. The summed E-state index contributed by atoms with van der Waals surface area (Å²) in [5.74, 6) is 0.840. The Morgan fingerprint density at radius 1 is 1.21 bits per heavy atom. The monoisotopic (exact) mass is 338 g/mol. The van der Waals surface area contributed by atoms with Crippen LogP contribution in [0.1, 0.15) is 29.0 Å². The third kappa shape index (κ3) is 3.52. The molecule has 0 amide bonds. The Hall–Kier alpha value is -0.990. The van der Waals surface area contributed by atoms with Crippen LogP contribution in [0.25, 0.3) is 0 Å². The fourth-order valence-electron chi connectivity index (χ4n) is 2.01. The van der Waals surface area contributed by atoms with Gasteiger partial charge in [0, 0.05) is 10.0 Å². The van der Waals surface area contributed by atoms with Crippen molar-refractivity contribution in [1.29, 1.82) is 0 Å². The van der Waals surface area contributed by atoms with Crippen molar-refractivity contribution >= 4 is 27.5 Å². The highest BCUT2D eigenvalue weighted by molar-refractivity contribution is 9.10. The van der Waals surface area contributed by atoms with Gasteiger partial charge in [-0.15, -0.1) is 11.6 Å². The zero-order chi connectivity index (χ0) is 13.8. The van der Waals surface area contributed by atoms with E-state index < -0.39 is 0 Å². The lowest BCUT2D eigenvalue weighted by Crippen LogP contribution is -2.00. The van der Waals surface area contributed by atoms with Crippen LogP contribution in [0.4, 0.5) is 0 Å². The molecule has 2 aromatic carbocycles. The molecule has 100 valence electrons. The molecule has 2 aromatic rings. The first-order chi connectivity index (χ1) is 9.11. The molecule has 0 aliphatic rings. The van der Waals surface area contributed by atoms with Gasteiger partial charge in [-0.2, -0.15) is 0 Å². The number of halogens is 2. The molecule has 19 heavy (non-hydrogen) atoms. The first kappa shape index (κ1) is 14.4. The van der Waals surface area contributed by atoms with Gasteiger partial charge in [-0.05, 0) is 37.6 Å². The van der Waals surface area contributed by atoms with Gasteiger partial charge in [0.2, 0.25) is 0 Å². The summed E-state index contributed by atoms with van der Waals surface area (Å²) in [7, 11) is 0. The van der Waals surface area contributed by atoms with Crippen LogP contribution >= 0.6 is 27.5 Å². The summed E-state index contributed by atoms with van der Waals surface area (Å²) >= 11 is 10.1. The summed E-state index contributed by atoms with van der Waals surface area (Å²) < 4.78 is 6.66. The summed E-state index contributed by atoms with van der Waals surface area (Å²) in [6.07, 6.45) is 0. The molecule has 0 fully saturated rings. The summed E-state index contributed by atoms with van der Waals surface area (Å²) in [6.45, 7) is 4.67. The van der Waals surface area contributed by atoms with Crippen molar-refractivity contribution < 1.29 is 4.74 Å². The van der Waals surface area contributed by atoms with Crippen molar-refractivity contribution in [3.8, 4) is 5.75 Å². The standard InChI is InChI=1S/C16H16BrClO/c1-3-19-15-8-7-13(17)10-14(15)16(18)12-6-4-5-11(2)9-12/h4-10,16H,3H2,1-2H3. The van der Waals surface area contributed by atoms with Gasteiger partial charge >= 0.3 is 0 Å². The lowest BCUT2D eigenvalue weighted by atomic mass is 10.0. The van der Waals surface area contributed by atoms with E-state index >= 15 is 0 Å². The maximum atomic E-state index is 6.62. The Morgan fingerprint density at radius 3 is 2.68 bits per heavy atom. The smallest absolute Gasteiger partial charge is 0.124 e. The molecule has 2 rings (SSSR count). The third-order valence-corrected chi connectivity index (χ3v) is 3.86. The Labute approximate surface area is 127 Å². The molecule has 0 heterocycles. The Balaban J connectivity index is 2.42. The molecule has 0 aliphatic heterocycles. The van der Waals surface area contributed by atoms with E-state index in [4.69, 9.17) is 16.3 Å². The molecule has 0 aliphatic carbocycles. The van der Waals surface area contributed by atoms with Crippen LogP contribution in [-0.2, 0) is 0 Å². The summed E-state index contributed by atoms with van der Waals surface area (Å²) in [6, 6.07) is 14.2. The number of benzene rings is 2. The van der Waals surface area contributed by atoms with Gasteiger partial charge in [0.1, 0.15) is 5.75 Å². The van der Waals surface area contributed by atoms with Crippen molar-refractivity contribution in [2.24, 2.45) is 0 Å². The lowest BCUT2D eigenvalue weighted by molar-refractivity contribution is 0.337. The molecule has 0 aromatic heterocycles. The molecule has 0 radical (unpaired) electrons. The largest absolute Gasteiger partial charge is 0.494 e. The highest BCUT2D eigenvalue weighted by atomic mass is 79.9. The number of ether oxygens (including phenoxy) is 1. The van der Waals surface area contributed by atoms with E-state index in [-0.39, 0.29) is 5.38 Å². The lowest BCUT2D eigenvalue weighted by Gasteiger charge is -2.16. The Bertz CT molecular complexity index is 568. The molecule has 0 N–H and O–H groups in total. The van der Waals surface area contributed by atoms with Crippen molar-refractivity contribution in [3.05, 3.63) is 63.6 Å². The van der Waals surface area contributed by atoms with E-state index in [1.165, 1.54) is 5.56 Å². The van der Waals surface area contributed by atoms with Crippen LogP contribution in [0.2, 0.25) is 0 Å². The van der Waals surface area contributed by atoms with E-state index in [0.29, 0.717) is 6.61 Å². The van der Waals surface area contributed by atoms with Crippen LogP contribution in [0, 0.1) is 6.92 Å². The molecule has 1 unspecified atom stereocenters. The van der Waals surface area contributed by atoms with Gasteiger partial charge in [-0.3, -0.25) is 0 Å². The highest BCUT2D eigenvalue weighted by Gasteiger charge is 2.16. The second kappa shape index (κ2) is 6.44. The maximum absolute atomic E-state index is 6.62. The minimum absolute atomic E-state index is 0.209. The molecule has 0 saturated heterocycles.